The van der Waals surface area contributed by atoms with Gasteiger partial charge in [0.1, 0.15) is 5.84 Å². The summed E-state index contributed by atoms with van der Waals surface area (Å²) >= 11 is 1.67. The van der Waals surface area contributed by atoms with E-state index in [-0.39, 0.29) is 0 Å². The van der Waals surface area contributed by atoms with Gasteiger partial charge in [0.25, 0.3) is 0 Å². The van der Waals surface area contributed by atoms with Crippen LogP contribution in [0.15, 0.2) is 28.7 Å². The van der Waals surface area contributed by atoms with Crippen LogP contribution < -0.4 is 5.32 Å². The van der Waals surface area contributed by atoms with Crippen molar-refractivity contribution in [1.82, 2.24) is 4.98 Å². The second-order valence-corrected chi connectivity index (χ2v) is 4.83. The van der Waals surface area contributed by atoms with Crippen molar-refractivity contribution in [2.75, 3.05) is 11.9 Å². The third-order valence-corrected chi connectivity index (χ3v) is 3.54. The van der Waals surface area contributed by atoms with Crippen LogP contribution in [0.5, 0.6) is 0 Å². The number of anilines is 1. The maximum absolute atomic E-state index is 4.49. The molecule has 0 amide bonds. The Labute approximate surface area is 98.2 Å². The van der Waals surface area contributed by atoms with E-state index >= 15 is 0 Å². The maximum Gasteiger partial charge on any atom is 0.101 e. The normalized spacial score (nSPS) is 16.1. The molecule has 2 aromatic rings. The minimum absolute atomic E-state index is 0.963. The van der Waals surface area contributed by atoms with Gasteiger partial charge in [-0.05, 0) is 31.0 Å². The molecule has 3 nitrogen and oxygen atoms in total. The lowest BCUT2D eigenvalue weighted by atomic mass is 10.2. The Hall–Kier alpha value is -1.42. The van der Waals surface area contributed by atoms with Crippen LogP contribution in [0.4, 0.5) is 5.69 Å². The van der Waals surface area contributed by atoms with Gasteiger partial charge in [0, 0.05) is 18.7 Å². The molecule has 0 bridgehead atoms. The van der Waals surface area contributed by atoms with Gasteiger partial charge in [-0.25, -0.2) is 4.98 Å². The summed E-state index contributed by atoms with van der Waals surface area (Å²) in [5.74, 6) is 1.12. The van der Waals surface area contributed by atoms with Crippen LogP contribution in [0.25, 0.3) is 10.2 Å². The van der Waals surface area contributed by atoms with Crippen molar-refractivity contribution in [1.29, 1.82) is 0 Å². The van der Waals surface area contributed by atoms with Crippen molar-refractivity contribution < 1.29 is 0 Å². The summed E-state index contributed by atoms with van der Waals surface area (Å²) in [6, 6.07) is 6.26. The van der Waals surface area contributed by atoms with Crippen molar-refractivity contribution in [3.63, 3.8) is 0 Å². The quantitative estimate of drug-likeness (QED) is 0.817. The zero-order valence-electron chi connectivity index (χ0n) is 8.94. The summed E-state index contributed by atoms with van der Waals surface area (Å²) in [5, 5.41) is 3.39. The second-order valence-electron chi connectivity index (χ2n) is 3.95. The Morgan fingerprint density at radius 3 is 3.12 bits per heavy atom. The number of nitrogens with zero attached hydrogens (tertiary/aromatic N) is 2. The molecule has 1 N–H and O–H groups in total. The molecule has 0 radical (unpaired) electrons. The average molecular weight is 231 g/mol. The summed E-state index contributed by atoms with van der Waals surface area (Å²) in [5.41, 5.74) is 4.07. The van der Waals surface area contributed by atoms with E-state index in [0.29, 0.717) is 0 Å². The smallest absolute Gasteiger partial charge is 0.101 e. The number of aromatic nitrogens is 1. The molecule has 1 aromatic carbocycles. The van der Waals surface area contributed by atoms with Crippen molar-refractivity contribution >= 4 is 33.1 Å². The lowest BCUT2D eigenvalue weighted by Crippen LogP contribution is -2.15. The molecule has 1 aromatic heterocycles. The van der Waals surface area contributed by atoms with Crippen LogP contribution in [-0.2, 0) is 0 Å². The number of benzene rings is 1. The molecule has 0 saturated heterocycles. The summed E-state index contributed by atoms with van der Waals surface area (Å²) in [4.78, 5) is 8.75. The zero-order chi connectivity index (χ0) is 10.8. The molecule has 16 heavy (non-hydrogen) atoms. The highest BCUT2D eigenvalue weighted by molar-refractivity contribution is 7.16. The molecule has 0 fully saturated rings. The highest BCUT2D eigenvalue weighted by Crippen LogP contribution is 2.22. The Morgan fingerprint density at radius 1 is 1.25 bits per heavy atom. The molecule has 4 heteroatoms. The first-order valence-electron chi connectivity index (χ1n) is 5.55. The van der Waals surface area contributed by atoms with Crippen LogP contribution in [0.1, 0.15) is 19.3 Å². The van der Waals surface area contributed by atoms with Crippen LogP contribution in [-0.4, -0.2) is 17.4 Å². The first-order chi connectivity index (χ1) is 7.92. The topological polar surface area (TPSA) is 37.3 Å². The number of aliphatic imine (C=N–C) groups is 1. The molecule has 0 spiro atoms. The van der Waals surface area contributed by atoms with E-state index in [2.05, 4.69) is 33.5 Å². The Kier molecular flexibility index (Phi) is 2.58. The molecule has 82 valence electrons. The summed E-state index contributed by atoms with van der Waals surface area (Å²) in [7, 11) is 0. The summed E-state index contributed by atoms with van der Waals surface area (Å²) in [6.07, 6.45) is 3.54. The molecule has 1 aliphatic heterocycles. The van der Waals surface area contributed by atoms with Crippen LogP contribution >= 0.6 is 11.3 Å². The number of hydrogen-bond acceptors (Lipinski definition) is 4. The number of nitrogens with one attached hydrogen (secondary N) is 1. The fraction of sp³-hybridized carbons (Fsp3) is 0.333. The molecule has 1 aliphatic rings. The standard InChI is InChI=1S/C12H13N3S/c1-2-6-13-12(3-1)15-9-4-5-10-11(7-9)16-8-14-10/h4-5,7-8H,1-3,6H2,(H,13,15). The van der Waals surface area contributed by atoms with Gasteiger partial charge in [-0.15, -0.1) is 11.3 Å². The highest BCUT2D eigenvalue weighted by Gasteiger charge is 2.05. The molecule has 0 saturated carbocycles. The molecule has 3 rings (SSSR count). The summed E-state index contributed by atoms with van der Waals surface area (Å²) in [6.45, 7) is 0.963. The van der Waals surface area contributed by atoms with E-state index in [0.717, 1.165) is 30.0 Å². The highest BCUT2D eigenvalue weighted by atomic mass is 32.1. The number of amidine groups is 1. The van der Waals surface area contributed by atoms with E-state index in [1.54, 1.807) is 11.3 Å². The van der Waals surface area contributed by atoms with Gasteiger partial charge in [-0.3, -0.25) is 4.99 Å². The van der Waals surface area contributed by atoms with Gasteiger partial charge in [-0.2, -0.15) is 0 Å². The van der Waals surface area contributed by atoms with Crippen LogP contribution in [0.3, 0.4) is 0 Å². The third-order valence-electron chi connectivity index (χ3n) is 2.74. The molecule has 0 atom stereocenters. The SMILES string of the molecule is c1nc2ccc(NC3=NCCCC3)cc2s1. The largest absolute Gasteiger partial charge is 0.344 e. The first-order valence-corrected chi connectivity index (χ1v) is 6.43. The van der Waals surface area contributed by atoms with Crippen molar-refractivity contribution in [3.05, 3.63) is 23.7 Å². The first kappa shape index (κ1) is 9.78. The van der Waals surface area contributed by atoms with Crippen LogP contribution in [0, 0.1) is 0 Å². The number of thiazole rings is 1. The average Bonchev–Trinajstić information content (AvgIpc) is 2.77. The summed E-state index contributed by atoms with van der Waals surface area (Å²) < 4.78 is 1.22. The minimum Gasteiger partial charge on any atom is -0.344 e. The maximum atomic E-state index is 4.49. The second kappa shape index (κ2) is 4.22. The van der Waals surface area contributed by atoms with Gasteiger partial charge in [0.15, 0.2) is 0 Å². The molecule has 0 unspecified atom stereocenters. The van der Waals surface area contributed by atoms with Crippen molar-refractivity contribution in [2.24, 2.45) is 4.99 Å². The fourth-order valence-corrected chi connectivity index (χ4v) is 2.62. The fourth-order valence-electron chi connectivity index (χ4n) is 1.90. The van der Waals surface area contributed by atoms with Crippen molar-refractivity contribution in [3.8, 4) is 0 Å². The predicted molar refractivity (Wildman–Crippen MR) is 69.4 cm³/mol. The van der Waals surface area contributed by atoms with Gasteiger partial charge in [0.05, 0.1) is 15.7 Å². The molecular formula is C12H13N3S. The lowest BCUT2D eigenvalue weighted by Gasteiger charge is -2.13. The molecule has 2 heterocycles. The van der Waals surface area contributed by atoms with Gasteiger partial charge in [-0.1, -0.05) is 0 Å². The lowest BCUT2D eigenvalue weighted by molar-refractivity contribution is 0.737. The van der Waals surface area contributed by atoms with E-state index in [9.17, 15) is 0 Å². The van der Waals surface area contributed by atoms with Gasteiger partial charge >= 0.3 is 0 Å². The van der Waals surface area contributed by atoms with E-state index in [4.69, 9.17) is 0 Å². The Bertz CT molecular complexity index is 530. The van der Waals surface area contributed by atoms with Crippen molar-refractivity contribution in [2.45, 2.75) is 19.3 Å². The Morgan fingerprint density at radius 2 is 2.25 bits per heavy atom. The predicted octanol–water partition coefficient (Wildman–Crippen LogP) is 3.29. The van der Waals surface area contributed by atoms with E-state index < -0.39 is 0 Å². The zero-order valence-corrected chi connectivity index (χ0v) is 9.76. The van der Waals surface area contributed by atoms with E-state index in [1.165, 1.54) is 17.5 Å². The van der Waals surface area contributed by atoms with Gasteiger partial charge in [0.2, 0.25) is 0 Å². The monoisotopic (exact) mass is 231 g/mol. The number of rotatable bonds is 1. The third kappa shape index (κ3) is 1.93. The molecular weight excluding hydrogens is 218 g/mol. The minimum atomic E-state index is 0.963. The Balaban J connectivity index is 1.85. The number of hydrogen-bond donors (Lipinski definition) is 1. The van der Waals surface area contributed by atoms with E-state index in [1.807, 2.05) is 5.51 Å². The number of fused-ring (bicyclic) bond motifs is 1. The van der Waals surface area contributed by atoms with Gasteiger partial charge < -0.3 is 5.32 Å². The molecule has 0 aliphatic carbocycles. The van der Waals surface area contributed by atoms with Crippen LogP contribution in [0.2, 0.25) is 0 Å².